The Morgan fingerprint density at radius 1 is 1.35 bits per heavy atom. The summed E-state index contributed by atoms with van der Waals surface area (Å²) < 4.78 is 0. The van der Waals surface area contributed by atoms with E-state index in [1.807, 2.05) is 19.9 Å². The van der Waals surface area contributed by atoms with Crippen LogP contribution in [0.25, 0.3) is 0 Å². The molecule has 1 aliphatic carbocycles. The van der Waals surface area contributed by atoms with Crippen molar-refractivity contribution in [1.29, 1.82) is 5.26 Å². The molecule has 0 radical (unpaired) electrons. The predicted octanol–water partition coefficient (Wildman–Crippen LogP) is 5.23. The fourth-order valence-corrected chi connectivity index (χ4v) is 5.62. The van der Waals surface area contributed by atoms with Crippen LogP contribution < -0.4 is 10.6 Å². The Balaban J connectivity index is 0.00000103. The van der Waals surface area contributed by atoms with Crippen LogP contribution in [0.2, 0.25) is 5.02 Å². The van der Waals surface area contributed by atoms with Gasteiger partial charge in [0.15, 0.2) is 5.78 Å². The molecular weight excluding hydrogens is 476 g/mol. The third-order valence-corrected chi connectivity index (χ3v) is 6.97. The average Bonchev–Trinajstić information content (AvgIpc) is 3.11. The zero-order chi connectivity index (χ0) is 25.2. The number of nitrogens with two attached hydrogens (primary N) is 1. The van der Waals surface area contributed by atoms with E-state index < -0.39 is 10.8 Å². The lowest BCUT2D eigenvalue weighted by Crippen LogP contribution is -2.38. The lowest BCUT2D eigenvalue weighted by molar-refractivity contribution is -0.384. The molecule has 10 heteroatoms. The number of nitrogens with zero attached hydrogens (tertiary/aromatic N) is 3. The number of hydrogen-bond donors (Lipinski definition) is 2. The number of aliphatic hydroxyl groups is 1. The van der Waals surface area contributed by atoms with Gasteiger partial charge in [0.05, 0.1) is 33.2 Å². The van der Waals surface area contributed by atoms with E-state index in [1.54, 1.807) is 23.2 Å². The number of nitriles is 1. The van der Waals surface area contributed by atoms with Crippen molar-refractivity contribution in [3.63, 3.8) is 0 Å². The highest BCUT2D eigenvalue weighted by Gasteiger charge is 2.41. The molecule has 2 aliphatic rings. The largest absolute Gasteiger partial charge is 0.397 e. The first-order chi connectivity index (χ1) is 16.2. The molecule has 0 saturated heterocycles. The number of carbonyl (C=O) groups excluding carboxylic acids is 1. The van der Waals surface area contributed by atoms with E-state index in [0.29, 0.717) is 36.2 Å². The number of ketones is 1. The van der Waals surface area contributed by atoms with E-state index in [-0.39, 0.29) is 34.5 Å². The van der Waals surface area contributed by atoms with Gasteiger partial charge in [-0.15, -0.1) is 11.3 Å². The Labute approximate surface area is 206 Å². The fourth-order valence-electron chi connectivity index (χ4n) is 4.40. The molecule has 0 spiro atoms. The number of anilines is 1. The maximum atomic E-state index is 13.1. The first-order valence-corrected chi connectivity index (χ1v) is 11.9. The number of carbonyl (C=O) groups is 1. The molecule has 8 nitrogen and oxygen atoms in total. The lowest BCUT2D eigenvalue weighted by Gasteiger charge is -2.39. The van der Waals surface area contributed by atoms with Gasteiger partial charge in [0, 0.05) is 46.2 Å². The number of hydrogen-bond acceptors (Lipinski definition) is 8. The molecule has 1 aromatic carbocycles. The number of Topliss-reactive ketones (excluding diaryl/α,β-unsaturated/α-hetero) is 1. The number of aryl methyl sites for hydroxylation is 2. The summed E-state index contributed by atoms with van der Waals surface area (Å²) in [4.78, 5) is 27.5. The van der Waals surface area contributed by atoms with Crippen LogP contribution >= 0.6 is 22.9 Å². The monoisotopic (exact) mass is 500 g/mol. The molecule has 2 heterocycles. The van der Waals surface area contributed by atoms with E-state index >= 15 is 0 Å². The van der Waals surface area contributed by atoms with Crippen LogP contribution in [0.4, 0.5) is 11.4 Å². The number of allylic oxidation sites excluding steroid dienone is 3. The standard InChI is InChI=1S/C22H19ClN4O3S.C2H6O/c1-11-8-14(12(2)31-11)20-15(10-24)22(25)26(18-4-3-5-19(28)21(18)20)17-7-6-13(27(29)30)9-16(17)23;1-2-3/h6-9,20H,3-5,25H2,1-2H3;3H,2H2,1H3. The molecule has 1 aromatic heterocycles. The Hall–Kier alpha value is -3.19. The van der Waals surface area contributed by atoms with Gasteiger partial charge in [0.25, 0.3) is 5.69 Å². The number of thiophene rings is 1. The van der Waals surface area contributed by atoms with E-state index in [4.69, 9.17) is 22.4 Å². The molecule has 0 saturated carbocycles. The van der Waals surface area contributed by atoms with Crippen molar-refractivity contribution in [3.05, 3.63) is 77.4 Å². The molecule has 34 heavy (non-hydrogen) atoms. The highest BCUT2D eigenvalue weighted by molar-refractivity contribution is 7.12. The molecule has 1 aliphatic heterocycles. The number of halogens is 1. The third-order valence-electron chi connectivity index (χ3n) is 5.69. The first kappa shape index (κ1) is 25.4. The zero-order valence-corrected chi connectivity index (χ0v) is 20.7. The number of non-ortho nitro benzene ring substituents is 1. The minimum atomic E-state index is -0.529. The molecule has 1 unspecified atom stereocenters. The summed E-state index contributed by atoms with van der Waals surface area (Å²) in [7, 11) is 0. The molecule has 2 aromatic rings. The summed E-state index contributed by atoms with van der Waals surface area (Å²) in [6, 6.07) is 8.32. The smallest absolute Gasteiger partial charge is 0.271 e. The van der Waals surface area contributed by atoms with Crippen LogP contribution in [-0.4, -0.2) is 22.4 Å². The summed E-state index contributed by atoms with van der Waals surface area (Å²) in [6.45, 7) is 5.90. The lowest BCUT2D eigenvalue weighted by atomic mass is 9.75. The van der Waals surface area contributed by atoms with Crippen molar-refractivity contribution in [1.82, 2.24) is 0 Å². The number of benzene rings is 1. The Bertz CT molecular complexity index is 1260. The molecule has 1 atom stereocenters. The number of nitro groups is 1. The van der Waals surface area contributed by atoms with Crippen molar-refractivity contribution in [2.75, 3.05) is 11.5 Å². The van der Waals surface area contributed by atoms with Crippen LogP contribution in [0.1, 0.15) is 47.4 Å². The second kappa shape index (κ2) is 10.4. The highest BCUT2D eigenvalue weighted by atomic mass is 35.5. The van der Waals surface area contributed by atoms with E-state index in [9.17, 15) is 20.2 Å². The Morgan fingerprint density at radius 3 is 2.56 bits per heavy atom. The van der Waals surface area contributed by atoms with Gasteiger partial charge >= 0.3 is 0 Å². The summed E-state index contributed by atoms with van der Waals surface area (Å²) >= 11 is 8.02. The molecule has 0 amide bonds. The average molecular weight is 501 g/mol. The summed E-state index contributed by atoms with van der Waals surface area (Å²) in [5, 5.41) is 28.9. The molecule has 3 N–H and O–H groups in total. The van der Waals surface area contributed by atoms with Gasteiger partial charge < -0.3 is 10.8 Å². The van der Waals surface area contributed by atoms with Crippen molar-refractivity contribution in [3.8, 4) is 6.07 Å². The number of nitro benzene ring substituents is 1. The van der Waals surface area contributed by atoms with Crippen molar-refractivity contribution < 1.29 is 14.8 Å². The summed E-state index contributed by atoms with van der Waals surface area (Å²) in [5.41, 5.74) is 9.25. The predicted molar refractivity (Wildman–Crippen MR) is 133 cm³/mol. The van der Waals surface area contributed by atoms with E-state index in [0.717, 1.165) is 15.3 Å². The fraction of sp³-hybridized carbons (Fsp3) is 0.333. The van der Waals surface area contributed by atoms with Gasteiger partial charge in [-0.2, -0.15) is 5.26 Å². The first-order valence-electron chi connectivity index (χ1n) is 10.7. The van der Waals surface area contributed by atoms with Crippen LogP contribution in [0.5, 0.6) is 0 Å². The normalized spacial score (nSPS) is 17.7. The van der Waals surface area contributed by atoms with Crippen LogP contribution in [-0.2, 0) is 4.79 Å². The van der Waals surface area contributed by atoms with Gasteiger partial charge in [-0.1, -0.05) is 11.6 Å². The number of rotatable bonds is 3. The minimum absolute atomic E-state index is 0.0159. The number of aliphatic hydroxyl groups excluding tert-OH is 1. The Kier molecular flexibility index (Phi) is 7.77. The van der Waals surface area contributed by atoms with Gasteiger partial charge in [-0.05, 0) is 51.3 Å². The van der Waals surface area contributed by atoms with Gasteiger partial charge in [-0.25, -0.2) is 0 Å². The highest BCUT2D eigenvalue weighted by Crippen LogP contribution is 2.49. The van der Waals surface area contributed by atoms with Crippen molar-refractivity contribution in [2.45, 2.75) is 46.0 Å². The van der Waals surface area contributed by atoms with Gasteiger partial charge in [-0.3, -0.25) is 19.8 Å². The van der Waals surface area contributed by atoms with Crippen molar-refractivity contribution in [2.24, 2.45) is 5.73 Å². The molecule has 178 valence electrons. The Morgan fingerprint density at radius 2 is 2.03 bits per heavy atom. The summed E-state index contributed by atoms with van der Waals surface area (Å²) in [5.74, 6) is -0.344. The van der Waals surface area contributed by atoms with Crippen LogP contribution in [0.15, 0.2) is 46.9 Å². The molecule has 0 fully saturated rings. The van der Waals surface area contributed by atoms with E-state index in [1.165, 1.54) is 18.2 Å². The van der Waals surface area contributed by atoms with E-state index in [2.05, 4.69) is 6.07 Å². The quantitative estimate of drug-likeness (QED) is 0.435. The third kappa shape index (κ3) is 4.57. The van der Waals surface area contributed by atoms with Gasteiger partial charge in [0.2, 0.25) is 0 Å². The molecule has 0 bridgehead atoms. The SMILES string of the molecule is CCO.Cc1cc(C2C(C#N)=C(N)N(c3ccc([N+](=O)[O-])cc3Cl)C3=C2C(=O)CCC3)c(C)s1. The zero-order valence-electron chi connectivity index (χ0n) is 19.1. The van der Waals surface area contributed by atoms with Crippen LogP contribution in [0.3, 0.4) is 0 Å². The summed E-state index contributed by atoms with van der Waals surface area (Å²) in [6.07, 6.45) is 1.65. The molecular formula is C24H25ClN4O4S. The molecule has 4 rings (SSSR count). The van der Waals surface area contributed by atoms with Crippen molar-refractivity contribution >= 4 is 40.1 Å². The van der Waals surface area contributed by atoms with Gasteiger partial charge in [0.1, 0.15) is 5.82 Å². The second-order valence-corrected chi connectivity index (χ2v) is 9.76. The topological polar surface area (TPSA) is 133 Å². The maximum Gasteiger partial charge on any atom is 0.271 e. The minimum Gasteiger partial charge on any atom is -0.397 e. The maximum absolute atomic E-state index is 13.1. The van der Waals surface area contributed by atoms with Crippen LogP contribution in [0, 0.1) is 35.3 Å². The second-order valence-electron chi connectivity index (χ2n) is 7.89.